The molecule has 2 unspecified atom stereocenters. The van der Waals surface area contributed by atoms with Crippen LogP contribution in [0.4, 0.5) is 0 Å². The van der Waals surface area contributed by atoms with Crippen LogP contribution < -0.4 is 0 Å². The van der Waals surface area contributed by atoms with Crippen molar-refractivity contribution >= 4 is 0 Å². The molecular weight excluding hydrogens is 132 g/mol. The fourth-order valence-electron chi connectivity index (χ4n) is 3.51. The molecule has 0 heteroatoms. The fraction of sp³-hybridized carbons (Fsp3) is 0.727. The first-order valence-electron chi connectivity index (χ1n) is 4.87. The molecule has 4 bridgehead atoms. The van der Waals surface area contributed by atoms with E-state index in [9.17, 15) is 0 Å². The third-order valence-electron chi connectivity index (χ3n) is 3.92. The molecule has 4 aliphatic rings. The van der Waals surface area contributed by atoms with E-state index >= 15 is 0 Å². The fourth-order valence-corrected chi connectivity index (χ4v) is 3.51. The van der Waals surface area contributed by atoms with E-state index in [0.717, 1.165) is 17.8 Å². The van der Waals surface area contributed by atoms with E-state index < -0.39 is 0 Å². The van der Waals surface area contributed by atoms with Crippen LogP contribution in [-0.2, 0) is 0 Å². The van der Waals surface area contributed by atoms with Crippen LogP contribution in [0.2, 0.25) is 0 Å². The van der Waals surface area contributed by atoms with Gasteiger partial charge in [-0.3, -0.25) is 0 Å². The molecule has 0 amide bonds. The predicted octanol–water partition coefficient (Wildman–Crippen LogP) is 2.96. The van der Waals surface area contributed by atoms with Crippen LogP contribution >= 0.6 is 0 Å². The summed E-state index contributed by atoms with van der Waals surface area (Å²) >= 11 is 0. The molecular formula is C11H15. The summed E-state index contributed by atoms with van der Waals surface area (Å²) in [4.78, 5) is 0. The van der Waals surface area contributed by atoms with Crippen molar-refractivity contribution in [3.63, 3.8) is 0 Å². The Hall–Kier alpha value is -0.260. The monoisotopic (exact) mass is 147 g/mol. The average Bonchev–Trinajstić information content (AvgIpc) is 1.98. The molecule has 11 heavy (non-hydrogen) atoms. The maximum absolute atomic E-state index is 4.22. The van der Waals surface area contributed by atoms with Gasteiger partial charge in [0.05, 0.1) is 0 Å². The van der Waals surface area contributed by atoms with Gasteiger partial charge in [-0.05, 0) is 49.9 Å². The van der Waals surface area contributed by atoms with E-state index in [4.69, 9.17) is 0 Å². The summed E-state index contributed by atoms with van der Waals surface area (Å²) in [5.74, 6) is 4.78. The van der Waals surface area contributed by atoms with Gasteiger partial charge in [0.15, 0.2) is 0 Å². The van der Waals surface area contributed by atoms with Gasteiger partial charge in [0, 0.05) is 5.92 Å². The molecule has 4 rings (SSSR count). The molecule has 0 spiro atoms. The zero-order valence-electron chi connectivity index (χ0n) is 6.97. The third kappa shape index (κ3) is 0.758. The summed E-state index contributed by atoms with van der Waals surface area (Å²) in [7, 11) is 0. The van der Waals surface area contributed by atoms with Crippen molar-refractivity contribution in [2.24, 2.45) is 17.8 Å². The smallest absolute Gasteiger partial charge is 0.00110 e. The van der Waals surface area contributed by atoms with E-state index in [-0.39, 0.29) is 0 Å². The van der Waals surface area contributed by atoms with Crippen LogP contribution in [0.3, 0.4) is 0 Å². The first-order chi connectivity index (χ1) is 5.33. The zero-order valence-corrected chi connectivity index (χ0v) is 6.97. The highest BCUT2D eigenvalue weighted by molar-refractivity contribution is 5.32. The van der Waals surface area contributed by atoms with Crippen LogP contribution in [0.1, 0.15) is 32.1 Å². The number of hydrogen-bond donors (Lipinski definition) is 0. The second-order valence-corrected chi connectivity index (χ2v) is 4.67. The topological polar surface area (TPSA) is 0 Å². The second kappa shape index (κ2) is 1.91. The number of hydrogen-bond acceptors (Lipinski definition) is 0. The zero-order chi connectivity index (χ0) is 7.42. The molecule has 0 aromatic heterocycles. The van der Waals surface area contributed by atoms with E-state index in [0.29, 0.717) is 0 Å². The molecule has 0 heterocycles. The molecule has 4 aliphatic carbocycles. The lowest BCUT2D eigenvalue weighted by Gasteiger charge is -2.50. The van der Waals surface area contributed by atoms with Crippen molar-refractivity contribution in [1.82, 2.24) is 0 Å². The van der Waals surface area contributed by atoms with Crippen LogP contribution in [0, 0.1) is 23.7 Å². The van der Waals surface area contributed by atoms with Gasteiger partial charge in [-0.1, -0.05) is 12.2 Å². The minimum atomic E-state index is 0.913. The molecule has 1 radical (unpaired) electrons. The second-order valence-electron chi connectivity index (χ2n) is 4.67. The highest BCUT2D eigenvalue weighted by Gasteiger charge is 2.44. The first kappa shape index (κ1) is 6.28. The van der Waals surface area contributed by atoms with Gasteiger partial charge in [0.25, 0.3) is 0 Å². The normalized spacial score (nSPS) is 48.7. The van der Waals surface area contributed by atoms with Crippen molar-refractivity contribution < 1.29 is 0 Å². The molecule has 0 N–H and O–H groups in total. The van der Waals surface area contributed by atoms with E-state index in [2.05, 4.69) is 6.58 Å². The minimum absolute atomic E-state index is 0.913. The molecule has 4 saturated carbocycles. The number of rotatable bonds is 0. The van der Waals surface area contributed by atoms with E-state index in [1.54, 1.807) is 5.92 Å². The Morgan fingerprint density at radius 3 is 2.18 bits per heavy atom. The Balaban J connectivity index is 1.96. The highest BCUT2D eigenvalue weighted by Crippen LogP contribution is 2.56. The van der Waals surface area contributed by atoms with Crippen molar-refractivity contribution in [2.45, 2.75) is 32.1 Å². The van der Waals surface area contributed by atoms with Crippen molar-refractivity contribution in [3.05, 3.63) is 18.1 Å². The largest absolute Gasteiger partial charge is 0.0990 e. The quantitative estimate of drug-likeness (QED) is 0.494. The Bertz CT molecular complexity index is 172. The van der Waals surface area contributed by atoms with Crippen LogP contribution in [0.25, 0.3) is 0 Å². The molecule has 0 aromatic rings. The van der Waals surface area contributed by atoms with Gasteiger partial charge >= 0.3 is 0 Å². The Labute approximate surface area is 68.7 Å². The van der Waals surface area contributed by atoms with Crippen molar-refractivity contribution in [2.75, 3.05) is 0 Å². The Morgan fingerprint density at radius 1 is 1.00 bits per heavy atom. The molecule has 2 atom stereocenters. The van der Waals surface area contributed by atoms with Gasteiger partial charge in [-0.15, -0.1) is 0 Å². The van der Waals surface area contributed by atoms with Gasteiger partial charge in [0.2, 0.25) is 0 Å². The summed E-state index contributed by atoms with van der Waals surface area (Å²) < 4.78 is 0. The average molecular weight is 147 g/mol. The van der Waals surface area contributed by atoms with Gasteiger partial charge < -0.3 is 0 Å². The molecule has 4 fully saturated rings. The summed E-state index contributed by atoms with van der Waals surface area (Å²) in [6.07, 6.45) is 7.29. The molecule has 0 nitrogen and oxygen atoms in total. The van der Waals surface area contributed by atoms with Crippen molar-refractivity contribution in [1.29, 1.82) is 0 Å². The van der Waals surface area contributed by atoms with E-state index in [1.807, 2.05) is 0 Å². The standard InChI is InChI=1S/C11H15/c1-7-10-3-8-2-9(5-10)6-11(7)4-8/h8-10H,1-6H2. The maximum atomic E-state index is 4.22. The predicted molar refractivity (Wildman–Crippen MR) is 45.9 cm³/mol. The van der Waals surface area contributed by atoms with Crippen LogP contribution in [0.15, 0.2) is 12.2 Å². The lowest BCUT2D eigenvalue weighted by Crippen LogP contribution is -2.38. The lowest BCUT2D eigenvalue weighted by atomic mass is 9.54. The first-order valence-corrected chi connectivity index (χ1v) is 4.87. The number of allylic oxidation sites excluding steroid dienone is 1. The summed E-state index contributed by atoms with van der Waals surface area (Å²) in [5, 5.41) is 0. The van der Waals surface area contributed by atoms with Gasteiger partial charge in [-0.25, -0.2) is 0 Å². The van der Waals surface area contributed by atoms with Gasteiger partial charge in [-0.2, -0.15) is 0 Å². The lowest BCUT2D eigenvalue weighted by molar-refractivity contribution is 0.133. The Kier molecular flexibility index (Phi) is 1.09. The summed E-state index contributed by atoms with van der Waals surface area (Å²) in [5.41, 5.74) is 1.54. The minimum Gasteiger partial charge on any atom is -0.0990 e. The molecule has 0 aliphatic heterocycles. The van der Waals surface area contributed by atoms with Crippen LogP contribution in [0.5, 0.6) is 0 Å². The molecule has 0 aromatic carbocycles. The van der Waals surface area contributed by atoms with Crippen LogP contribution in [-0.4, -0.2) is 0 Å². The summed E-state index contributed by atoms with van der Waals surface area (Å²) in [6.45, 7) is 4.22. The Morgan fingerprint density at radius 2 is 1.64 bits per heavy atom. The molecule has 59 valence electrons. The SMILES string of the molecule is C=C1[C]2CC3CC(C2)CC1C3. The van der Waals surface area contributed by atoms with Crippen molar-refractivity contribution in [3.8, 4) is 0 Å². The molecule has 0 saturated heterocycles. The summed E-state index contributed by atoms with van der Waals surface area (Å²) in [6, 6.07) is 0. The van der Waals surface area contributed by atoms with E-state index in [1.165, 1.54) is 37.7 Å². The third-order valence-corrected chi connectivity index (χ3v) is 3.92. The van der Waals surface area contributed by atoms with Gasteiger partial charge in [0.1, 0.15) is 0 Å². The maximum Gasteiger partial charge on any atom is 0.00110 e. The highest BCUT2D eigenvalue weighted by atomic mass is 14.5.